The minimum atomic E-state index is 0.204. The molecule has 1 amide bonds. The van der Waals surface area contributed by atoms with E-state index in [1.54, 1.807) is 0 Å². The van der Waals surface area contributed by atoms with Crippen molar-refractivity contribution in [2.75, 3.05) is 6.54 Å². The van der Waals surface area contributed by atoms with Crippen LogP contribution in [0.2, 0.25) is 0 Å². The Morgan fingerprint density at radius 2 is 2.11 bits per heavy atom. The normalized spacial score (nSPS) is 24.9. The van der Waals surface area contributed by atoms with Gasteiger partial charge in [0.25, 0.3) is 0 Å². The highest BCUT2D eigenvalue weighted by Gasteiger charge is 2.20. The van der Waals surface area contributed by atoms with Crippen LogP contribution in [0.15, 0.2) is 0 Å². The molecule has 0 aromatic carbocycles. The van der Waals surface area contributed by atoms with Gasteiger partial charge < -0.3 is 11.1 Å². The molecule has 0 aliphatic heterocycles. The lowest BCUT2D eigenvalue weighted by Crippen LogP contribution is -2.34. The molecule has 0 heterocycles. The third-order valence-electron chi connectivity index (χ3n) is 4.32. The first-order valence-corrected chi connectivity index (χ1v) is 7.45. The van der Waals surface area contributed by atoms with E-state index < -0.39 is 0 Å². The number of nitrogens with one attached hydrogen (secondary N) is 1. The highest BCUT2D eigenvalue weighted by Crippen LogP contribution is 2.26. The van der Waals surface area contributed by atoms with Crippen LogP contribution in [0.4, 0.5) is 0 Å². The van der Waals surface area contributed by atoms with Crippen LogP contribution in [0.5, 0.6) is 0 Å². The fraction of sp³-hybridized carbons (Fsp3) is 0.933. The molecule has 0 spiro atoms. The number of carbonyl (C=O) groups excluding carboxylic acids is 1. The lowest BCUT2D eigenvalue weighted by molar-refractivity contribution is -0.121. The van der Waals surface area contributed by atoms with E-state index in [9.17, 15) is 4.79 Å². The molecule has 0 aromatic rings. The minimum absolute atomic E-state index is 0.204. The Bertz CT molecular complexity index is 263. The van der Waals surface area contributed by atoms with Crippen LogP contribution in [0.25, 0.3) is 0 Å². The van der Waals surface area contributed by atoms with Gasteiger partial charge >= 0.3 is 0 Å². The lowest BCUT2D eigenvalue weighted by Gasteiger charge is -2.27. The molecule has 1 aliphatic carbocycles. The van der Waals surface area contributed by atoms with E-state index in [4.69, 9.17) is 5.73 Å². The molecule has 0 saturated heterocycles. The van der Waals surface area contributed by atoms with Crippen molar-refractivity contribution in [2.24, 2.45) is 17.1 Å². The molecule has 3 N–H and O–H groups in total. The third kappa shape index (κ3) is 5.85. The summed E-state index contributed by atoms with van der Waals surface area (Å²) in [6, 6.07) is 0.367. The summed E-state index contributed by atoms with van der Waals surface area (Å²) in [5.74, 6) is 0.870. The molecule has 2 atom stereocenters. The van der Waals surface area contributed by atoms with Gasteiger partial charge in [-0.2, -0.15) is 0 Å². The highest BCUT2D eigenvalue weighted by atomic mass is 16.1. The SMILES string of the molecule is CCC(C)(C)CNC(=O)CCC1CCCC(N)C1. The van der Waals surface area contributed by atoms with Gasteiger partial charge in [0.05, 0.1) is 0 Å². The summed E-state index contributed by atoms with van der Waals surface area (Å²) < 4.78 is 0. The molecule has 18 heavy (non-hydrogen) atoms. The highest BCUT2D eigenvalue weighted by molar-refractivity contribution is 5.75. The number of hydrogen-bond donors (Lipinski definition) is 2. The minimum Gasteiger partial charge on any atom is -0.356 e. The number of rotatable bonds is 6. The van der Waals surface area contributed by atoms with Crippen molar-refractivity contribution in [1.82, 2.24) is 5.32 Å². The van der Waals surface area contributed by atoms with Crippen LogP contribution in [-0.2, 0) is 4.79 Å². The van der Waals surface area contributed by atoms with Crippen molar-refractivity contribution in [3.8, 4) is 0 Å². The Balaban J connectivity index is 2.17. The van der Waals surface area contributed by atoms with Gasteiger partial charge in [-0.25, -0.2) is 0 Å². The fourth-order valence-electron chi connectivity index (χ4n) is 2.48. The van der Waals surface area contributed by atoms with E-state index in [2.05, 4.69) is 26.1 Å². The largest absolute Gasteiger partial charge is 0.356 e. The van der Waals surface area contributed by atoms with Gasteiger partial charge in [0, 0.05) is 19.0 Å². The first kappa shape index (κ1) is 15.5. The van der Waals surface area contributed by atoms with Gasteiger partial charge in [0.1, 0.15) is 0 Å². The summed E-state index contributed by atoms with van der Waals surface area (Å²) >= 11 is 0. The Labute approximate surface area is 112 Å². The van der Waals surface area contributed by atoms with E-state index in [0.717, 1.165) is 32.2 Å². The molecule has 106 valence electrons. The van der Waals surface area contributed by atoms with E-state index in [-0.39, 0.29) is 11.3 Å². The van der Waals surface area contributed by atoms with Crippen LogP contribution < -0.4 is 11.1 Å². The Hall–Kier alpha value is -0.570. The average molecular weight is 254 g/mol. The zero-order valence-electron chi connectivity index (χ0n) is 12.3. The summed E-state index contributed by atoms with van der Waals surface area (Å²) in [7, 11) is 0. The fourth-order valence-corrected chi connectivity index (χ4v) is 2.48. The Morgan fingerprint density at radius 1 is 1.39 bits per heavy atom. The van der Waals surface area contributed by atoms with Gasteiger partial charge in [0.15, 0.2) is 0 Å². The second-order valence-electron chi connectivity index (χ2n) is 6.63. The maximum absolute atomic E-state index is 11.8. The second-order valence-corrected chi connectivity index (χ2v) is 6.63. The molecular weight excluding hydrogens is 224 g/mol. The number of carbonyl (C=O) groups is 1. The average Bonchev–Trinajstić information content (AvgIpc) is 2.34. The predicted molar refractivity (Wildman–Crippen MR) is 76.2 cm³/mol. The molecule has 3 heteroatoms. The summed E-state index contributed by atoms with van der Waals surface area (Å²) in [4.78, 5) is 11.8. The van der Waals surface area contributed by atoms with E-state index in [0.29, 0.717) is 18.4 Å². The van der Waals surface area contributed by atoms with Crippen molar-refractivity contribution in [3.05, 3.63) is 0 Å². The second kappa shape index (κ2) is 7.13. The summed E-state index contributed by atoms with van der Waals surface area (Å²) in [5.41, 5.74) is 6.18. The quantitative estimate of drug-likeness (QED) is 0.766. The smallest absolute Gasteiger partial charge is 0.220 e. The van der Waals surface area contributed by atoms with Crippen molar-refractivity contribution in [2.45, 2.75) is 71.8 Å². The van der Waals surface area contributed by atoms with Gasteiger partial charge in [-0.15, -0.1) is 0 Å². The predicted octanol–water partition coefficient (Wildman–Crippen LogP) is 2.84. The molecule has 1 fully saturated rings. The van der Waals surface area contributed by atoms with Crippen LogP contribution >= 0.6 is 0 Å². The zero-order valence-corrected chi connectivity index (χ0v) is 12.3. The molecule has 1 rings (SSSR count). The standard InChI is InChI=1S/C15H30N2O/c1-4-15(2,3)11-17-14(18)9-8-12-6-5-7-13(16)10-12/h12-13H,4-11,16H2,1-3H3,(H,17,18). The zero-order chi connectivity index (χ0) is 13.6. The first-order valence-electron chi connectivity index (χ1n) is 7.45. The van der Waals surface area contributed by atoms with Gasteiger partial charge in [-0.1, -0.05) is 33.6 Å². The van der Waals surface area contributed by atoms with Crippen LogP contribution in [-0.4, -0.2) is 18.5 Å². The summed E-state index contributed by atoms with van der Waals surface area (Å²) in [6.45, 7) is 7.32. The molecule has 2 unspecified atom stereocenters. The topological polar surface area (TPSA) is 55.1 Å². The number of hydrogen-bond acceptors (Lipinski definition) is 2. The molecule has 0 radical (unpaired) electrons. The summed E-state index contributed by atoms with van der Waals surface area (Å²) in [5, 5.41) is 3.05. The van der Waals surface area contributed by atoms with Crippen molar-refractivity contribution in [1.29, 1.82) is 0 Å². The first-order chi connectivity index (χ1) is 8.43. The maximum atomic E-state index is 11.8. The van der Waals surface area contributed by atoms with E-state index in [1.807, 2.05) is 0 Å². The monoisotopic (exact) mass is 254 g/mol. The molecular formula is C15H30N2O. The Kier molecular flexibility index (Phi) is 6.13. The van der Waals surface area contributed by atoms with Gasteiger partial charge in [0.2, 0.25) is 5.91 Å². The molecule has 0 bridgehead atoms. The van der Waals surface area contributed by atoms with Crippen molar-refractivity contribution < 1.29 is 4.79 Å². The van der Waals surface area contributed by atoms with Gasteiger partial charge in [-0.05, 0) is 37.0 Å². The van der Waals surface area contributed by atoms with Gasteiger partial charge in [-0.3, -0.25) is 4.79 Å². The van der Waals surface area contributed by atoms with Crippen molar-refractivity contribution in [3.63, 3.8) is 0 Å². The third-order valence-corrected chi connectivity index (χ3v) is 4.32. The lowest BCUT2D eigenvalue weighted by atomic mass is 9.83. The number of amides is 1. The maximum Gasteiger partial charge on any atom is 0.220 e. The van der Waals surface area contributed by atoms with Crippen LogP contribution in [0.3, 0.4) is 0 Å². The van der Waals surface area contributed by atoms with Crippen LogP contribution in [0.1, 0.15) is 65.7 Å². The molecule has 1 aliphatic rings. The molecule has 1 saturated carbocycles. The van der Waals surface area contributed by atoms with E-state index >= 15 is 0 Å². The molecule has 3 nitrogen and oxygen atoms in total. The number of nitrogens with two attached hydrogens (primary N) is 1. The van der Waals surface area contributed by atoms with Crippen LogP contribution in [0, 0.1) is 11.3 Å². The Morgan fingerprint density at radius 3 is 2.72 bits per heavy atom. The molecule has 0 aromatic heterocycles. The summed E-state index contributed by atoms with van der Waals surface area (Å²) in [6.07, 6.45) is 7.51. The van der Waals surface area contributed by atoms with E-state index in [1.165, 1.54) is 12.8 Å². The van der Waals surface area contributed by atoms with Crippen molar-refractivity contribution >= 4 is 5.91 Å².